The average molecular weight is 273 g/mol. The van der Waals surface area contributed by atoms with E-state index in [0.717, 1.165) is 12.1 Å². The van der Waals surface area contributed by atoms with E-state index in [2.05, 4.69) is 0 Å². The van der Waals surface area contributed by atoms with E-state index in [1.165, 1.54) is 0 Å². The van der Waals surface area contributed by atoms with E-state index in [1.54, 1.807) is 0 Å². The summed E-state index contributed by atoms with van der Waals surface area (Å²) >= 11 is 0. The summed E-state index contributed by atoms with van der Waals surface area (Å²) in [6.45, 7) is -0.0310. The Hall–Kier alpha value is -1.28. The van der Waals surface area contributed by atoms with E-state index in [1.807, 2.05) is 0 Å². The molecule has 0 spiro atoms. The van der Waals surface area contributed by atoms with Crippen molar-refractivity contribution in [2.45, 2.75) is 24.5 Å². The van der Waals surface area contributed by atoms with Gasteiger partial charge in [0.2, 0.25) is 0 Å². The van der Waals surface area contributed by atoms with Crippen molar-refractivity contribution in [3.8, 4) is 0 Å². The van der Waals surface area contributed by atoms with Crippen molar-refractivity contribution in [3.63, 3.8) is 0 Å². The Labute approximate surface area is 98.0 Å². The Bertz CT molecular complexity index is 394. The molecule has 0 unspecified atom stereocenters. The Morgan fingerprint density at radius 1 is 0.889 bits per heavy atom. The quantitative estimate of drug-likeness (QED) is 0.813. The van der Waals surface area contributed by atoms with Crippen LogP contribution in [0.1, 0.15) is 11.1 Å². The summed E-state index contributed by atoms with van der Waals surface area (Å²) in [6.07, 6.45) is -11.7. The van der Waals surface area contributed by atoms with Crippen LogP contribution in [0.3, 0.4) is 0 Å². The summed E-state index contributed by atoms with van der Waals surface area (Å²) in [5.41, 5.74) is -0.648. The van der Waals surface area contributed by atoms with E-state index < -0.39 is 23.5 Å². The van der Waals surface area contributed by atoms with Crippen LogP contribution in [0, 0.1) is 0 Å². The molecule has 102 valence electrons. The van der Waals surface area contributed by atoms with E-state index in [-0.39, 0.29) is 6.54 Å². The molecule has 0 amide bonds. The van der Waals surface area contributed by atoms with Crippen molar-refractivity contribution in [1.29, 1.82) is 0 Å². The molecule has 0 aliphatic carbocycles. The molecule has 0 aromatic heterocycles. The van der Waals surface area contributed by atoms with Gasteiger partial charge in [0.15, 0.2) is 0 Å². The van der Waals surface area contributed by atoms with Crippen LogP contribution in [0.5, 0.6) is 0 Å². The minimum atomic E-state index is -5.87. The Kier molecular flexibility index (Phi) is 3.64. The number of halogens is 6. The first-order valence-electron chi connectivity index (χ1n) is 4.69. The lowest BCUT2D eigenvalue weighted by Crippen LogP contribution is -2.53. The van der Waals surface area contributed by atoms with Crippen molar-refractivity contribution < 1.29 is 31.4 Å². The molecule has 0 bridgehead atoms. The van der Waals surface area contributed by atoms with E-state index >= 15 is 0 Å². The molecule has 0 saturated carbocycles. The highest BCUT2D eigenvalue weighted by Crippen LogP contribution is 2.49. The van der Waals surface area contributed by atoms with Gasteiger partial charge in [-0.1, -0.05) is 24.3 Å². The van der Waals surface area contributed by atoms with Crippen molar-refractivity contribution in [3.05, 3.63) is 35.4 Å². The van der Waals surface area contributed by atoms with Crippen molar-refractivity contribution in [2.24, 2.45) is 5.73 Å². The summed E-state index contributed by atoms with van der Waals surface area (Å²) in [5, 5.41) is 9.04. The minimum absolute atomic E-state index is 0.0310. The fraction of sp³-hybridized carbons (Fsp3) is 0.400. The number of nitrogens with two attached hydrogens (primary N) is 1. The lowest BCUT2D eigenvalue weighted by molar-refractivity contribution is -0.376. The summed E-state index contributed by atoms with van der Waals surface area (Å²) in [6, 6.07) is 3.11. The summed E-state index contributed by atoms with van der Waals surface area (Å²) in [4.78, 5) is 0. The zero-order chi connectivity index (χ0) is 14.2. The third-order valence-electron chi connectivity index (χ3n) is 2.43. The molecule has 0 aliphatic rings. The number of aliphatic hydroxyl groups is 1. The van der Waals surface area contributed by atoms with Crippen molar-refractivity contribution in [2.75, 3.05) is 0 Å². The molecule has 0 aliphatic heterocycles. The Balaban J connectivity index is 3.36. The average Bonchev–Trinajstić information content (AvgIpc) is 2.25. The van der Waals surface area contributed by atoms with E-state index in [0.29, 0.717) is 17.7 Å². The standard InChI is InChI=1S/C10H9F6NO/c11-9(12,13)8(18,10(14,15)16)7-3-1-6(5-17)2-4-7/h1-4,18H,5,17H2. The molecular formula is C10H9F6NO. The summed E-state index contributed by atoms with van der Waals surface area (Å²) in [7, 11) is 0. The lowest BCUT2D eigenvalue weighted by Gasteiger charge is -2.32. The van der Waals surface area contributed by atoms with Crippen LogP contribution >= 0.6 is 0 Å². The molecule has 0 atom stereocenters. The van der Waals surface area contributed by atoms with Gasteiger partial charge in [-0.15, -0.1) is 0 Å². The molecule has 1 aromatic carbocycles. The SMILES string of the molecule is NCc1ccc(C(O)(C(F)(F)F)C(F)(F)F)cc1. The number of hydrogen-bond acceptors (Lipinski definition) is 2. The van der Waals surface area contributed by atoms with Crippen LogP contribution in [0.25, 0.3) is 0 Å². The van der Waals surface area contributed by atoms with Gasteiger partial charge in [-0.2, -0.15) is 26.3 Å². The molecule has 18 heavy (non-hydrogen) atoms. The van der Waals surface area contributed by atoms with Crippen molar-refractivity contribution >= 4 is 0 Å². The first-order valence-corrected chi connectivity index (χ1v) is 4.69. The Morgan fingerprint density at radius 2 is 1.28 bits per heavy atom. The Morgan fingerprint density at radius 3 is 1.56 bits per heavy atom. The third-order valence-corrected chi connectivity index (χ3v) is 2.43. The minimum Gasteiger partial charge on any atom is -0.369 e. The molecule has 0 heterocycles. The number of rotatable bonds is 2. The lowest BCUT2D eigenvalue weighted by atomic mass is 9.91. The van der Waals surface area contributed by atoms with Gasteiger partial charge < -0.3 is 10.8 Å². The van der Waals surface area contributed by atoms with Gasteiger partial charge in [0.1, 0.15) is 0 Å². The van der Waals surface area contributed by atoms with Crippen LogP contribution < -0.4 is 5.73 Å². The van der Waals surface area contributed by atoms with Crippen molar-refractivity contribution in [1.82, 2.24) is 0 Å². The van der Waals surface area contributed by atoms with Crippen LogP contribution in [0.2, 0.25) is 0 Å². The van der Waals surface area contributed by atoms with E-state index in [4.69, 9.17) is 10.8 Å². The number of alkyl halides is 6. The number of hydrogen-bond donors (Lipinski definition) is 2. The first-order chi connectivity index (χ1) is 8.04. The fourth-order valence-electron chi connectivity index (χ4n) is 1.37. The normalized spacial score (nSPS) is 13.8. The van der Waals surface area contributed by atoms with Gasteiger partial charge >= 0.3 is 12.4 Å². The zero-order valence-electron chi connectivity index (χ0n) is 8.81. The molecule has 1 aromatic rings. The van der Waals surface area contributed by atoms with Crippen LogP contribution in [0.15, 0.2) is 24.3 Å². The molecule has 0 fully saturated rings. The van der Waals surface area contributed by atoms with Gasteiger partial charge in [0.05, 0.1) is 0 Å². The fourth-order valence-corrected chi connectivity index (χ4v) is 1.37. The van der Waals surface area contributed by atoms with Crippen LogP contribution in [-0.4, -0.2) is 17.5 Å². The van der Waals surface area contributed by atoms with Gasteiger partial charge in [-0.05, 0) is 5.56 Å². The third kappa shape index (κ3) is 2.30. The highest BCUT2D eigenvalue weighted by molar-refractivity contribution is 5.30. The van der Waals surface area contributed by atoms with Gasteiger partial charge in [-0.25, -0.2) is 0 Å². The predicted octanol–water partition coefficient (Wildman–Crippen LogP) is 2.46. The molecule has 8 heteroatoms. The molecule has 0 radical (unpaired) electrons. The van der Waals surface area contributed by atoms with Gasteiger partial charge in [0.25, 0.3) is 5.60 Å². The predicted molar refractivity (Wildman–Crippen MR) is 50.3 cm³/mol. The highest BCUT2D eigenvalue weighted by Gasteiger charge is 2.71. The number of benzene rings is 1. The van der Waals surface area contributed by atoms with Crippen LogP contribution in [0.4, 0.5) is 26.3 Å². The topological polar surface area (TPSA) is 46.2 Å². The highest BCUT2D eigenvalue weighted by atomic mass is 19.4. The smallest absolute Gasteiger partial charge is 0.369 e. The van der Waals surface area contributed by atoms with E-state index in [9.17, 15) is 26.3 Å². The maximum Gasteiger partial charge on any atom is 0.430 e. The second-order valence-corrected chi connectivity index (χ2v) is 3.61. The van der Waals surface area contributed by atoms with Crippen LogP contribution in [-0.2, 0) is 12.1 Å². The molecule has 2 nitrogen and oxygen atoms in total. The monoisotopic (exact) mass is 273 g/mol. The molecule has 3 N–H and O–H groups in total. The summed E-state index contributed by atoms with van der Waals surface area (Å²) in [5.74, 6) is 0. The summed E-state index contributed by atoms with van der Waals surface area (Å²) < 4.78 is 74.8. The van der Waals surface area contributed by atoms with Gasteiger partial charge in [0, 0.05) is 12.1 Å². The maximum atomic E-state index is 12.5. The first kappa shape index (κ1) is 14.8. The van der Waals surface area contributed by atoms with Gasteiger partial charge in [-0.3, -0.25) is 0 Å². The second kappa shape index (κ2) is 4.43. The second-order valence-electron chi connectivity index (χ2n) is 3.61. The molecule has 1 rings (SSSR count). The maximum absolute atomic E-state index is 12.5. The molecular weight excluding hydrogens is 264 g/mol. The zero-order valence-corrected chi connectivity index (χ0v) is 8.81. The molecule has 0 saturated heterocycles. The largest absolute Gasteiger partial charge is 0.430 e.